The zero-order valence-electron chi connectivity index (χ0n) is 13.9. The number of hydrogen-bond donors (Lipinski definition) is 2. The number of carboxylic acid groups (broad SMARTS) is 1. The highest BCUT2D eigenvalue weighted by atomic mass is 16.5. The van der Waals surface area contributed by atoms with Crippen LogP contribution in [-0.4, -0.2) is 47.8 Å². The number of nitrogens with zero attached hydrogens (tertiary/aromatic N) is 1. The fraction of sp³-hybridized carbons (Fsp3) is 0.588. The summed E-state index contributed by atoms with van der Waals surface area (Å²) in [6, 6.07) is 2.10. The first-order valence-electron chi connectivity index (χ1n) is 8.25. The first-order valence-corrected chi connectivity index (χ1v) is 8.25. The summed E-state index contributed by atoms with van der Waals surface area (Å²) in [5.41, 5.74) is 0.333. The van der Waals surface area contributed by atoms with Gasteiger partial charge in [-0.1, -0.05) is 6.42 Å². The predicted molar refractivity (Wildman–Crippen MR) is 87.1 cm³/mol. The van der Waals surface area contributed by atoms with Crippen molar-refractivity contribution in [2.75, 3.05) is 13.7 Å². The molecule has 7 heteroatoms. The molecule has 0 bridgehead atoms. The fourth-order valence-corrected chi connectivity index (χ4v) is 2.70. The van der Waals surface area contributed by atoms with E-state index >= 15 is 0 Å². The van der Waals surface area contributed by atoms with Crippen LogP contribution in [0.3, 0.4) is 0 Å². The monoisotopic (exact) mass is 336 g/mol. The average Bonchev–Trinajstić information content (AvgIpc) is 2.59. The molecule has 1 aliphatic carbocycles. The van der Waals surface area contributed by atoms with E-state index in [1.807, 2.05) is 0 Å². The van der Waals surface area contributed by atoms with Crippen molar-refractivity contribution in [1.82, 2.24) is 10.3 Å². The molecular weight excluding hydrogens is 312 g/mol. The van der Waals surface area contributed by atoms with Crippen molar-refractivity contribution in [1.29, 1.82) is 0 Å². The van der Waals surface area contributed by atoms with E-state index in [2.05, 4.69) is 10.3 Å². The lowest BCUT2D eigenvalue weighted by atomic mass is 9.98. The topological polar surface area (TPSA) is 97.8 Å². The van der Waals surface area contributed by atoms with Gasteiger partial charge < -0.3 is 19.9 Å². The van der Waals surface area contributed by atoms with Gasteiger partial charge in [0.1, 0.15) is 12.1 Å². The minimum absolute atomic E-state index is 0.137. The number of methoxy groups -OCH3 is 1. The van der Waals surface area contributed by atoms with Crippen molar-refractivity contribution >= 4 is 11.9 Å². The second-order valence-electron chi connectivity index (χ2n) is 5.91. The maximum Gasteiger partial charge on any atom is 0.326 e. The van der Waals surface area contributed by atoms with Crippen LogP contribution in [-0.2, 0) is 9.53 Å². The maximum atomic E-state index is 12.3. The van der Waals surface area contributed by atoms with Gasteiger partial charge >= 0.3 is 5.97 Å². The molecule has 1 aromatic rings. The van der Waals surface area contributed by atoms with E-state index in [9.17, 15) is 9.59 Å². The quantitative estimate of drug-likeness (QED) is 0.753. The molecule has 0 spiro atoms. The van der Waals surface area contributed by atoms with Crippen molar-refractivity contribution in [2.24, 2.45) is 0 Å². The zero-order valence-corrected chi connectivity index (χ0v) is 13.9. The molecule has 2 N–H and O–H groups in total. The Morgan fingerprint density at radius 3 is 2.79 bits per heavy atom. The Morgan fingerprint density at radius 1 is 1.38 bits per heavy atom. The Morgan fingerprint density at radius 2 is 2.12 bits per heavy atom. The molecule has 1 unspecified atom stereocenters. The van der Waals surface area contributed by atoms with Crippen molar-refractivity contribution in [3.63, 3.8) is 0 Å². The van der Waals surface area contributed by atoms with Crippen LogP contribution < -0.4 is 10.1 Å². The normalized spacial score (nSPS) is 16.4. The molecule has 1 atom stereocenters. The molecule has 0 aliphatic heterocycles. The first kappa shape index (κ1) is 18.2. The Hall–Kier alpha value is -2.15. The lowest BCUT2D eigenvalue weighted by Gasteiger charge is -2.22. The second kappa shape index (κ2) is 9.22. The van der Waals surface area contributed by atoms with Crippen LogP contribution in [0.25, 0.3) is 0 Å². The summed E-state index contributed by atoms with van der Waals surface area (Å²) in [6.45, 7) is 0.254. The van der Waals surface area contributed by atoms with E-state index in [1.165, 1.54) is 25.8 Å². The molecule has 0 radical (unpaired) electrons. The van der Waals surface area contributed by atoms with Gasteiger partial charge in [-0.05, 0) is 31.7 Å². The lowest BCUT2D eigenvalue weighted by molar-refractivity contribution is -0.139. The molecule has 1 saturated carbocycles. The van der Waals surface area contributed by atoms with Gasteiger partial charge in [-0.25, -0.2) is 9.78 Å². The number of carboxylic acids is 1. The SMILES string of the molecule is COCCC(NC(=O)c1ccnc(OC2CCCCC2)c1)C(=O)O. The molecule has 132 valence electrons. The fourth-order valence-electron chi connectivity index (χ4n) is 2.70. The smallest absolute Gasteiger partial charge is 0.326 e. The molecule has 7 nitrogen and oxygen atoms in total. The number of aromatic nitrogens is 1. The van der Waals surface area contributed by atoms with E-state index in [0.29, 0.717) is 11.4 Å². The van der Waals surface area contributed by atoms with Gasteiger partial charge in [0, 0.05) is 38.0 Å². The van der Waals surface area contributed by atoms with Gasteiger partial charge in [0.05, 0.1) is 0 Å². The lowest BCUT2D eigenvalue weighted by Crippen LogP contribution is -2.41. The number of carbonyl (C=O) groups excluding carboxylic acids is 1. The summed E-state index contributed by atoms with van der Waals surface area (Å²) < 4.78 is 10.7. The molecule has 1 heterocycles. The third-order valence-electron chi connectivity index (χ3n) is 4.05. The van der Waals surface area contributed by atoms with Crippen molar-refractivity contribution in [3.8, 4) is 5.88 Å². The number of nitrogens with one attached hydrogen (secondary N) is 1. The molecule has 1 fully saturated rings. The van der Waals surface area contributed by atoms with Crippen LogP contribution in [0.2, 0.25) is 0 Å². The largest absolute Gasteiger partial charge is 0.480 e. The predicted octanol–water partition coefficient (Wildman–Crippen LogP) is 2.01. The molecule has 1 aromatic heterocycles. The summed E-state index contributed by atoms with van der Waals surface area (Å²) in [5.74, 6) is -1.15. The highest BCUT2D eigenvalue weighted by Gasteiger charge is 2.21. The van der Waals surface area contributed by atoms with Gasteiger partial charge in [-0.2, -0.15) is 0 Å². The number of ether oxygens (including phenoxy) is 2. The summed E-state index contributed by atoms with van der Waals surface area (Å²) in [7, 11) is 1.48. The van der Waals surface area contributed by atoms with Gasteiger partial charge in [-0.15, -0.1) is 0 Å². The number of carbonyl (C=O) groups is 2. The summed E-state index contributed by atoms with van der Waals surface area (Å²) in [5, 5.41) is 11.7. The van der Waals surface area contributed by atoms with Gasteiger partial charge in [-0.3, -0.25) is 4.79 Å². The highest BCUT2D eigenvalue weighted by molar-refractivity contribution is 5.96. The maximum absolute atomic E-state index is 12.3. The van der Waals surface area contributed by atoms with E-state index in [0.717, 1.165) is 25.7 Å². The molecule has 1 aliphatic rings. The van der Waals surface area contributed by atoms with Gasteiger partial charge in [0.15, 0.2) is 0 Å². The standard InChI is InChI=1S/C17H24N2O5/c1-23-10-8-14(17(21)22)19-16(20)12-7-9-18-15(11-12)24-13-5-3-2-4-6-13/h7,9,11,13-14H,2-6,8,10H2,1H3,(H,19,20)(H,21,22). The highest BCUT2D eigenvalue weighted by Crippen LogP contribution is 2.22. The van der Waals surface area contributed by atoms with Crippen molar-refractivity contribution < 1.29 is 24.2 Å². The molecule has 0 aromatic carbocycles. The molecule has 24 heavy (non-hydrogen) atoms. The minimum Gasteiger partial charge on any atom is -0.480 e. The Labute approximate surface area is 141 Å². The number of amides is 1. The number of aliphatic carboxylic acids is 1. The van der Waals surface area contributed by atoms with Crippen molar-refractivity contribution in [3.05, 3.63) is 23.9 Å². The molecule has 0 saturated heterocycles. The van der Waals surface area contributed by atoms with Crippen LogP contribution in [0.5, 0.6) is 5.88 Å². The van der Waals surface area contributed by atoms with Gasteiger partial charge in [0.25, 0.3) is 5.91 Å². The summed E-state index contributed by atoms with van der Waals surface area (Å²) in [4.78, 5) is 27.6. The second-order valence-corrected chi connectivity index (χ2v) is 5.91. The zero-order chi connectivity index (χ0) is 17.4. The number of hydrogen-bond acceptors (Lipinski definition) is 5. The van der Waals surface area contributed by atoms with E-state index in [4.69, 9.17) is 14.6 Å². The van der Waals surface area contributed by atoms with Crippen molar-refractivity contribution in [2.45, 2.75) is 50.7 Å². The Kier molecular flexibility index (Phi) is 6.99. The van der Waals surface area contributed by atoms with Crippen LogP contribution in [0.15, 0.2) is 18.3 Å². The van der Waals surface area contributed by atoms with Crippen LogP contribution in [0, 0.1) is 0 Å². The Balaban J connectivity index is 1.98. The number of pyridine rings is 1. The first-order chi connectivity index (χ1) is 11.6. The Bertz CT molecular complexity index is 558. The third-order valence-corrected chi connectivity index (χ3v) is 4.05. The summed E-state index contributed by atoms with van der Waals surface area (Å²) in [6.07, 6.45) is 7.35. The van der Waals surface area contributed by atoms with E-state index in [-0.39, 0.29) is 19.1 Å². The van der Waals surface area contributed by atoms with E-state index < -0.39 is 17.9 Å². The molecule has 2 rings (SSSR count). The molecule has 1 amide bonds. The number of rotatable bonds is 8. The molecular formula is C17H24N2O5. The summed E-state index contributed by atoms with van der Waals surface area (Å²) >= 11 is 0. The van der Waals surface area contributed by atoms with E-state index in [1.54, 1.807) is 6.07 Å². The van der Waals surface area contributed by atoms with Crippen LogP contribution >= 0.6 is 0 Å². The third kappa shape index (κ3) is 5.49. The van der Waals surface area contributed by atoms with Crippen LogP contribution in [0.4, 0.5) is 0 Å². The van der Waals surface area contributed by atoms with Crippen LogP contribution in [0.1, 0.15) is 48.9 Å². The minimum atomic E-state index is -1.09. The van der Waals surface area contributed by atoms with Gasteiger partial charge in [0.2, 0.25) is 5.88 Å². The average molecular weight is 336 g/mol.